The molecule has 2 aliphatic carbocycles. The van der Waals surface area contributed by atoms with E-state index in [1.54, 1.807) is 5.57 Å². The van der Waals surface area contributed by atoms with E-state index in [2.05, 4.69) is 13.0 Å². The average Bonchev–Trinajstić information content (AvgIpc) is 2.19. The highest BCUT2D eigenvalue weighted by Crippen LogP contribution is 2.45. The van der Waals surface area contributed by atoms with Crippen molar-refractivity contribution in [3.8, 4) is 0 Å². The molecule has 2 atom stereocenters. The summed E-state index contributed by atoms with van der Waals surface area (Å²) in [5, 5.41) is 0. The van der Waals surface area contributed by atoms with E-state index >= 15 is 0 Å². The summed E-state index contributed by atoms with van der Waals surface area (Å²) in [6, 6.07) is 0. The largest absolute Gasteiger partial charge is 0.0879 e. The molecular weight excluding hydrogens is 120 g/mol. The van der Waals surface area contributed by atoms with Crippen molar-refractivity contribution in [3.05, 3.63) is 11.6 Å². The van der Waals surface area contributed by atoms with Crippen molar-refractivity contribution in [2.75, 3.05) is 0 Å². The molecule has 2 unspecified atom stereocenters. The molecule has 2 fully saturated rings. The first-order chi connectivity index (χ1) is 4.92. The highest BCUT2D eigenvalue weighted by molar-refractivity contribution is 5.16. The predicted octanol–water partition coefficient (Wildman–Crippen LogP) is 3.14. The monoisotopic (exact) mass is 136 g/mol. The van der Waals surface area contributed by atoms with E-state index in [0.717, 1.165) is 11.8 Å². The Kier molecular flexibility index (Phi) is 1.55. The molecule has 0 aliphatic heterocycles. The smallest absolute Gasteiger partial charge is 0.0200 e. The van der Waals surface area contributed by atoms with E-state index in [1.807, 2.05) is 0 Å². The molecule has 0 amide bonds. The van der Waals surface area contributed by atoms with Gasteiger partial charge in [0.2, 0.25) is 0 Å². The van der Waals surface area contributed by atoms with Crippen LogP contribution in [-0.2, 0) is 0 Å². The third-order valence-corrected chi connectivity index (χ3v) is 3.24. The first-order valence-electron chi connectivity index (χ1n) is 4.58. The van der Waals surface area contributed by atoms with Gasteiger partial charge in [0.25, 0.3) is 0 Å². The molecule has 0 saturated heterocycles. The number of hydrogen-bond donors (Lipinski definition) is 0. The Morgan fingerprint density at radius 1 is 1.10 bits per heavy atom. The van der Waals surface area contributed by atoms with Gasteiger partial charge in [-0.1, -0.05) is 18.1 Å². The summed E-state index contributed by atoms with van der Waals surface area (Å²) in [4.78, 5) is 0. The van der Waals surface area contributed by atoms with Gasteiger partial charge in [-0.05, 0) is 44.4 Å². The van der Waals surface area contributed by atoms with E-state index in [9.17, 15) is 0 Å². The summed E-state index contributed by atoms with van der Waals surface area (Å²) in [5.74, 6) is 2.01. The van der Waals surface area contributed by atoms with Crippen molar-refractivity contribution in [1.29, 1.82) is 0 Å². The van der Waals surface area contributed by atoms with Gasteiger partial charge in [0.05, 0.1) is 0 Å². The molecule has 0 nitrogen and oxygen atoms in total. The summed E-state index contributed by atoms with van der Waals surface area (Å²) >= 11 is 0. The van der Waals surface area contributed by atoms with Crippen LogP contribution >= 0.6 is 0 Å². The number of fused-ring (bicyclic) bond motifs is 2. The normalized spacial score (nSPS) is 38.3. The lowest BCUT2D eigenvalue weighted by molar-refractivity contribution is 0.463. The summed E-state index contributed by atoms with van der Waals surface area (Å²) in [6.07, 6.45) is 9.81. The van der Waals surface area contributed by atoms with Crippen molar-refractivity contribution in [1.82, 2.24) is 0 Å². The van der Waals surface area contributed by atoms with Gasteiger partial charge in [-0.2, -0.15) is 0 Å². The summed E-state index contributed by atoms with van der Waals surface area (Å²) in [7, 11) is 0. The quantitative estimate of drug-likeness (QED) is 0.449. The minimum atomic E-state index is 1.00. The van der Waals surface area contributed by atoms with Crippen molar-refractivity contribution in [3.63, 3.8) is 0 Å². The second-order valence-electron chi connectivity index (χ2n) is 3.69. The maximum absolute atomic E-state index is 2.38. The molecule has 0 N–H and O–H groups in total. The van der Waals surface area contributed by atoms with Gasteiger partial charge >= 0.3 is 0 Å². The highest BCUT2D eigenvalue weighted by Gasteiger charge is 2.32. The topological polar surface area (TPSA) is 0 Å². The maximum atomic E-state index is 2.38. The molecular formula is C10H16. The van der Waals surface area contributed by atoms with Crippen LogP contribution in [0.4, 0.5) is 0 Å². The van der Waals surface area contributed by atoms with Crippen LogP contribution < -0.4 is 0 Å². The second-order valence-corrected chi connectivity index (χ2v) is 3.69. The molecule has 56 valence electrons. The molecule has 10 heavy (non-hydrogen) atoms. The fourth-order valence-corrected chi connectivity index (χ4v) is 2.77. The van der Waals surface area contributed by atoms with E-state index < -0.39 is 0 Å². The Morgan fingerprint density at radius 3 is 2.10 bits per heavy atom. The average molecular weight is 136 g/mol. The Hall–Kier alpha value is -0.260. The second kappa shape index (κ2) is 2.41. The zero-order chi connectivity index (χ0) is 6.97. The zero-order valence-electron chi connectivity index (χ0n) is 6.77. The predicted molar refractivity (Wildman–Crippen MR) is 43.8 cm³/mol. The summed E-state index contributed by atoms with van der Waals surface area (Å²) in [6.45, 7) is 2.21. The zero-order valence-corrected chi connectivity index (χ0v) is 6.77. The molecule has 0 aromatic rings. The lowest BCUT2D eigenvalue weighted by Crippen LogP contribution is -2.08. The number of allylic oxidation sites excluding steroid dienone is 2. The molecule has 0 aromatic carbocycles. The van der Waals surface area contributed by atoms with Gasteiger partial charge in [0, 0.05) is 0 Å². The number of hydrogen-bond acceptors (Lipinski definition) is 0. The van der Waals surface area contributed by atoms with Gasteiger partial charge in [-0.25, -0.2) is 0 Å². The van der Waals surface area contributed by atoms with Crippen LogP contribution in [0.2, 0.25) is 0 Å². The van der Waals surface area contributed by atoms with Gasteiger partial charge < -0.3 is 0 Å². The van der Waals surface area contributed by atoms with Crippen LogP contribution in [0.15, 0.2) is 11.6 Å². The standard InChI is InChI=1S/C10H16/c1-2-10-8-4-3-5-9(10)7-6-8/h2,8-9H,3-7H2,1H3. The lowest BCUT2D eigenvalue weighted by Gasteiger charge is -2.22. The fourth-order valence-electron chi connectivity index (χ4n) is 2.77. The Morgan fingerprint density at radius 2 is 1.70 bits per heavy atom. The first-order valence-corrected chi connectivity index (χ1v) is 4.58. The van der Waals surface area contributed by atoms with Gasteiger partial charge in [0.15, 0.2) is 0 Å². The van der Waals surface area contributed by atoms with E-state index in [0.29, 0.717) is 0 Å². The summed E-state index contributed by atoms with van der Waals surface area (Å²) < 4.78 is 0. The molecule has 2 saturated carbocycles. The van der Waals surface area contributed by atoms with E-state index in [4.69, 9.17) is 0 Å². The summed E-state index contributed by atoms with van der Waals surface area (Å²) in [5.41, 5.74) is 1.80. The molecule has 0 radical (unpaired) electrons. The van der Waals surface area contributed by atoms with Crippen molar-refractivity contribution in [2.24, 2.45) is 11.8 Å². The van der Waals surface area contributed by atoms with E-state index in [-0.39, 0.29) is 0 Å². The fraction of sp³-hybridized carbons (Fsp3) is 0.800. The Bertz CT molecular complexity index is 137. The van der Waals surface area contributed by atoms with Gasteiger partial charge in [-0.3, -0.25) is 0 Å². The minimum absolute atomic E-state index is 1.00. The van der Waals surface area contributed by atoms with Crippen molar-refractivity contribution in [2.45, 2.75) is 39.0 Å². The van der Waals surface area contributed by atoms with Crippen LogP contribution in [-0.4, -0.2) is 0 Å². The lowest BCUT2D eigenvalue weighted by atomic mass is 9.84. The third-order valence-electron chi connectivity index (χ3n) is 3.24. The SMILES string of the molecule is CC=C1C2CCCC1CC2. The van der Waals surface area contributed by atoms with Crippen LogP contribution in [0.5, 0.6) is 0 Å². The van der Waals surface area contributed by atoms with Gasteiger partial charge in [0.1, 0.15) is 0 Å². The number of rotatable bonds is 0. The molecule has 0 heterocycles. The Labute approximate surface area is 63.3 Å². The highest BCUT2D eigenvalue weighted by atomic mass is 14.4. The van der Waals surface area contributed by atoms with Crippen molar-refractivity contribution < 1.29 is 0 Å². The van der Waals surface area contributed by atoms with Crippen molar-refractivity contribution >= 4 is 0 Å². The molecule has 0 heteroatoms. The minimum Gasteiger partial charge on any atom is -0.0879 e. The molecule has 2 rings (SSSR count). The molecule has 2 bridgehead atoms. The molecule has 0 aromatic heterocycles. The maximum Gasteiger partial charge on any atom is -0.0200 e. The van der Waals surface area contributed by atoms with Crippen LogP contribution in [0.25, 0.3) is 0 Å². The van der Waals surface area contributed by atoms with Crippen LogP contribution in [0, 0.1) is 11.8 Å². The van der Waals surface area contributed by atoms with E-state index in [1.165, 1.54) is 32.1 Å². The van der Waals surface area contributed by atoms with Crippen LogP contribution in [0.1, 0.15) is 39.0 Å². The Balaban J connectivity index is 2.21. The molecule has 2 aliphatic rings. The third kappa shape index (κ3) is 0.817. The molecule has 0 spiro atoms. The first kappa shape index (κ1) is 6.45. The van der Waals surface area contributed by atoms with Gasteiger partial charge in [-0.15, -0.1) is 0 Å². The van der Waals surface area contributed by atoms with Crippen LogP contribution in [0.3, 0.4) is 0 Å².